The van der Waals surface area contributed by atoms with Crippen LogP contribution in [-0.4, -0.2) is 49.8 Å². The van der Waals surface area contributed by atoms with Crippen LogP contribution in [0.5, 0.6) is 0 Å². The molecule has 0 aliphatic rings. The van der Waals surface area contributed by atoms with E-state index >= 15 is 0 Å². The van der Waals surface area contributed by atoms with Gasteiger partial charge in [0.2, 0.25) is 9.84 Å². The number of amides is 1. The van der Waals surface area contributed by atoms with E-state index in [9.17, 15) is 40.3 Å². The SMILES string of the molecule is CS(=O)(=O)C(F)(F)c1ccc(-c2ccc([C@@H](O)C(CF)NC(=O)C(F)F)cc2)cn1. The number of carbonyl (C=O) groups excluding carboxylic acids is 1. The molecule has 2 N–H and O–H groups in total. The van der Waals surface area contributed by atoms with Crippen LogP contribution in [0.2, 0.25) is 0 Å². The number of carbonyl (C=O) groups is 1. The number of hydrogen-bond donors (Lipinski definition) is 2. The van der Waals surface area contributed by atoms with E-state index in [-0.39, 0.29) is 5.56 Å². The van der Waals surface area contributed by atoms with E-state index in [0.717, 1.165) is 12.3 Å². The van der Waals surface area contributed by atoms with Crippen LogP contribution >= 0.6 is 0 Å². The Bertz CT molecular complexity index is 983. The summed E-state index contributed by atoms with van der Waals surface area (Å²) >= 11 is 0. The second kappa shape index (κ2) is 9.04. The first kappa shape index (κ1) is 23.7. The van der Waals surface area contributed by atoms with Crippen LogP contribution < -0.4 is 5.32 Å². The molecule has 2 rings (SSSR count). The van der Waals surface area contributed by atoms with Gasteiger partial charge in [-0.05, 0) is 17.2 Å². The zero-order valence-corrected chi connectivity index (χ0v) is 16.2. The number of benzene rings is 1. The third-order valence-electron chi connectivity index (χ3n) is 4.19. The van der Waals surface area contributed by atoms with Gasteiger partial charge in [-0.1, -0.05) is 30.3 Å². The minimum atomic E-state index is -4.70. The highest BCUT2D eigenvalue weighted by Crippen LogP contribution is 2.33. The van der Waals surface area contributed by atoms with Crippen molar-refractivity contribution in [2.75, 3.05) is 12.9 Å². The number of hydrogen-bond acceptors (Lipinski definition) is 5. The maximum Gasteiger partial charge on any atom is 0.386 e. The Kier molecular flexibility index (Phi) is 7.14. The number of nitrogens with zero attached hydrogens (tertiary/aromatic N) is 1. The van der Waals surface area contributed by atoms with Crippen molar-refractivity contribution in [3.05, 3.63) is 53.9 Å². The van der Waals surface area contributed by atoms with Crippen LogP contribution in [-0.2, 0) is 19.9 Å². The van der Waals surface area contributed by atoms with Crippen LogP contribution in [0.1, 0.15) is 17.4 Å². The first-order valence-corrected chi connectivity index (χ1v) is 10.2. The van der Waals surface area contributed by atoms with Gasteiger partial charge in [-0.25, -0.2) is 12.8 Å². The molecule has 0 aliphatic heterocycles. The smallest absolute Gasteiger partial charge is 0.386 e. The Labute approximate surface area is 168 Å². The highest BCUT2D eigenvalue weighted by molar-refractivity contribution is 7.91. The molecule has 0 bridgehead atoms. The third-order valence-corrected chi connectivity index (χ3v) is 5.33. The van der Waals surface area contributed by atoms with E-state index in [2.05, 4.69) is 4.98 Å². The van der Waals surface area contributed by atoms with Crippen molar-refractivity contribution in [2.24, 2.45) is 0 Å². The molecule has 1 aromatic heterocycles. The summed E-state index contributed by atoms with van der Waals surface area (Å²) in [7, 11) is -4.70. The monoisotopic (exact) mass is 452 g/mol. The van der Waals surface area contributed by atoms with Gasteiger partial charge >= 0.3 is 11.7 Å². The minimum Gasteiger partial charge on any atom is -0.386 e. The number of aliphatic hydroxyl groups excluding tert-OH is 1. The molecule has 1 aromatic carbocycles. The number of halogens is 5. The van der Waals surface area contributed by atoms with Gasteiger partial charge in [-0.3, -0.25) is 9.78 Å². The Morgan fingerprint density at radius 2 is 1.70 bits per heavy atom. The van der Waals surface area contributed by atoms with E-state index in [1.54, 1.807) is 5.32 Å². The van der Waals surface area contributed by atoms with Gasteiger partial charge in [-0.15, -0.1) is 0 Å². The van der Waals surface area contributed by atoms with Gasteiger partial charge in [0.25, 0.3) is 5.91 Å². The van der Waals surface area contributed by atoms with Crippen molar-refractivity contribution >= 4 is 15.7 Å². The second-order valence-electron chi connectivity index (χ2n) is 6.36. The van der Waals surface area contributed by atoms with Crippen LogP contribution in [0.25, 0.3) is 11.1 Å². The third kappa shape index (κ3) is 5.11. The molecular formula is C18H17F5N2O4S. The van der Waals surface area contributed by atoms with Crippen molar-refractivity contribution in [2.45, 2.75) is 23.8 Å². The molecule has 1 heterocycles. The van der Waals surface area contributed by atoms with E-state index in [4.69, 9.17) is 0 Å². The predicted octanol–water partition coefficient (Wildman–Crippen LogP) is 2.60. The lowest BCUT2D eigenvalue weighted by molar-refractivity contribution is -0.133. The maximum atomic E-state index is 13.8. The number of pyridine rings is 1. The average Bonchev–Trinajstić information content (AvgIpc) is 2.70. The Hall–Kier alpha value is -2.60. The molecule has 30 heavy (non-hydrogen) atoms. The topological polar surface area (TPSA) is 96.4 Å². The number of nitrogens with one attached hydrogen (secondary N) is 1. The molecule has 0 spiro atoms. The largest absolute Gasteiger partial charge is 0.386 e. The zero-order valence-electron chi connectivity index (χ0n) is 15.4. The lowest BCUT2D eigenvalue weighted by Gasteiger charge is -2.22. The summed E-state index contributed by atoms with van der Waals surface area (Å²) in [6.07, 6.45) is -3.55. The lowest BCUT2D eigenvalue weighted by Crippen LogP contribution is -2.43. The van der Waals surface area contributed by atoms with Crippen molar-refractivity contribution in [3.8, 4) is 11.1 Å². The number of rotatable bonds is 8. The number of sulfone groups is 1. The van der Waals surface area contributed by atoms with Gasteiger partial charge < -0.3 is 10.4 Å². The zero-order chi connectivity index (χ0) is 22.7. The van der Waals surface area contributed by atoms with E-state index < -0.39 is 51.9 Å². The van der Waals surface area contributed by atoms with E-state index in [1.165, 1.54) is 30.3 Å². The molecule has 1 amide bonds. The molecule has 0 fully saturated rings. The number of alkyl halides is 5. The summed E-state index contributed by atoms with van der Waals surface area (Å²) in [5, 5.41) is 7.67. The van der Waals surface area contributed by atoms with Crippen molar-refractivity contribution < 1.29 is 40.3 Å². The van der Waals surface area contributed by atoms with Crippen LogP contribution in [0.4, 0.5) is 22.0 Å². The second-order valence-corrected chi connectivity index (χ2v) is 8.42. The fraction of sp³-hybridized carbons (Fsp3) is 0.333. The summed E-state index contributed by atoms with van der Waals surface area (Å²) in [6.45, 7) is -1.29. The fourth-order valence-corrected chi connectivity index (χ4v) is 2.98. The number of aliphatic hydroxyl groups is 1. The Balaban J connectivity index is 2.20. The molecule has 12 heteroatoms. The molecule has 0 aliphatic carbocycles. The molecule has 0 radical (unpaired) electrons. The van der Waals surface area contributed by atoms with Gasteiger partial charge in [-0.2, -0.15) is 17.6 Å². The molecule has 164 valence electrons. The molecular weight excluding hydrogens is 435 g/mol. The highest BCUT2D eigenvalue weighted by atomic mass is 32.2. The van der Waals surface area contributed by atoms with Crippen molar-refractivity contribution in [3.63, 3.8) is 0 Å². The van der Waals surface area contributed by atoms with Crippen molar-refractivity contribution in [1.29, 1.82) is 0 Å². The summed E-state index contributed by atoms with van der Waals surface area (Å²) in [4.78, 5) is 14.5. The maximum absolute atomic E-state index is 13.8. The van der Waals surface area contributed by atoms with Gasteiger partial charge in [0, 0.05) is 18.0 Å². The standard InChI is InChI=1S/C18H17F5N2O4S/c1-30(28,29)18(22,23)14-7-6-12(9-24-14)10-2-4-11(5-3-10)15(26)13(8-19)25-17(27)16(20)21/h2-7,9,13,15-16,26H,8H2,1H3,(H,25,27)/t13?,15-/m1/s1. The van der Waals surface area contributed by atoms with Gasteiger partial charge in [0.05, 0.1) is 6.04 Å². The van der Waals surface area contributed by atoms with Gasteiger partial charge in [0.15, 0.2) is 0 Å². The van der Waals surface area contributed by atoms with Gasteiger partial charge in [0.1, 0.15) is 18.5 Å². The molecule has 0 saturated carbocycles. The summed E-state index contributed by atoms with van der Waals surface area (Å²) in [5.74, 6) is -1.72. The summed E-state index contributed by atoms with van der Waals surface area (Å²) < 4.78 is 87.6. The van der Waals surface area contributed by atoms with Crippen molar-refractivity contribution in [1.82, 2.24) is 10.3 Å². The van der Waals surface area contributed by atoms with E-state index in [1.807, 2.05) is 0 Å². The predicted molar refractivity (Wildman–Crippen MR) is 97.3 cm³/mol. The first-order valence-electron chi connectivity index (χ1n) is 8.35. The lowest BCUT2D eigenvalue weighted by atomic mass is 9.99. The summed E-state index contributed by atoms with van der Waals surface area (Å²) in [6, 6.07) is 6.00. The normalized spacial score (nSPS) is 14.4. The summed E-state index contributed by atoms with van der Waals surface area (Å²) in [5.41, 5.74) is -0.0382. The van der Waals surface area contributed by atoms with Crippen LogP contribution in [0.3, 0.4) is 0 Å². The van der Waals surface area contributed by atoms with Crippen LogP contribution in [0.15, 0.2) is 42.6 Å². The number of aromatic nitrogens is 1. The van der Waals surface area contributed by atoms with Crippen LogP contribution in [0, 0.1) is 0 Å². The first-order chi connectivity index (χ1) is 13.9. The highest BCUT2D eigenvalue weighted by Gasteiger charge is 2.44. The molecule has 1 unspecified atom stereocenters. The minimum absolute atomic E-state index is 0.115. The molecule has 0 saturated heterocycles. The van der Waals surface area contributed by atoms with E-state index in [0.29, 0.717) is 17.4 Å². The fourth-order valence-electron chi connectivity index (χ4n) is 2.48. The average molecular weight is 452 g/mol. The molecule has 6 nitrogen and oxygen atoms in total. The Morgan fingerprint density at radius 1 is 1.13 bits per heavy atom. The quantitative estimate of drug-likeness (QED) is 0.601. The molecule has 2 atom stereocenters. The Morgan fingerprint density at radius 3 is 2.13 bits per heavy atom. The molecule has 2 aromatic rings.